The number of alkyl halides is 3. The molecule has 0 unspecified atom stereocenters. The highest BCUT2D eigenvalue weighted by atomic mass is 35.6. The first-order valence-electron chi connectivity index (χ1n) is 4.00. The van der Waals surface area contributed by atoms with Crippen LogP contribution in [-0.2, 0) is 0 Å². The maximum absolute atomic E-state index is 4.81. The average Bonchev–Trinajstić information content (AvgIpc) is 1.90. The van der Waals surface area contributed by atoms with Crippen LogP contribution >= 0.6 is 34.8 Å². The lowest BCUT2D eigenvalue weighted by molar-refractivity contribution is 1.24. The molecule has 11 heavy (non-hydrogen) atoms. The predicted molar refractivity (Wildman–Crippen MR) is 59.9 cm³/mol. The van der Waals surface area contributed by atoms with Crippen molar-refractivity contribution >= 4 is 43.6 Å². The molecule has 0 bridgehead atoms. The fraction of sp³-hybridized carbons (Fsp3) is 1.00. The maximum atomic E-state index is 4.81. The van der Waals surface area contributed by atoms with Gasteiger partial charge in [-0.1, -0.05) is 73.7 Å². The minimum Gasteiger partial charge on any atom is -0.0874 e. The quantitative estimate of drug-likeness (QED) is 0.507. The van der Waals surface area contributed by atoms with Gasteiger partial charge in [0.2, 0.25) is 0 Å². The van der Waals surface area contributed by atoms with Gasteiger partial charge in [-0.25, -0.2) is 0 Å². The molecule has 0 fully saturated rings. The van der Waals surface area contributed by atoms with Crippen LogP contribution in [0.5, 0.6) is 0 Å². The lowest BCUT2D eigenvalue weighted by atomic mass is 10.9. The fourth-order valence-corrected chi connectivity index (χ4v) is 2.60. The molecule has 0 radical (unpaired) electrons. The fourth-order valence-electron chi connectivity index (χ4n) is 0.866. The Balaban J connectivity index is 0. The lowest BCUT2D eigenvalue weighted by Crippen LogP contribution is -2.04. The minimum atomic E-state index is -0.750. The van der Waals surface area contributed by atoms with Crippen LogP contribution in [0, 0.1) is 0 Å². The Kier molecular flexibility index (Phi) is 14.7. The normalized spacial score (nSPS) is 9.82. The van der Waals surface area contributed by atoms with Crippen molar-refractivity contribution in [2.24, 2.45) is 0 Å². The van der Waals surface area contributed by atoms with E-state index < -0.39 is 4.30 Å². The Hall–Kier alpha value is 1.09. The van der Waals surface area contributed by atoms with Crippen LogP contribution in [0.3, 0.4) is 0 Å². The van der Waals surface area contributed by atoms with Crippen molar-refractivity contribution in [2.75, 3.05) is 0 Å². The summed E-state index contributed by atoms with van der Waals surface area (Å²) in [6.45, 7) is 6.97. The molecule has 70 valence electrons. The lowest BCUT2D eigenvalue weighted by Gasteiger charge is -2.03. The highest BCUT2D eigenvalue weighted by molar-refractivity contribution is 6.63. The monoisotopic (exact) mass is 234 g/mol. The highest BCUT2D eigenvalue weighted by Crippen LogP contribution is 2.03. The van der Waals surface area contributed by atoms with Crippen molar-refractivity contribution in [3.63, 3.8) is 0 Å². The summed E-state index contributed by atoms with van der Waals surface area (Å²) in [4.78, 5) is 0. The van der Waals surface area contributed by atoms with Crippen LogP contribution in [0.25, 0.3) is 0 Å². The SMILES string of the molecule is CC[SiH](CC)CC.ClC(Cl)Cl. The molecule has 0 N–H and O–H groups in total. The van der Waals surface area contributed by atoms with Gasteiger partial charge in [0.25, 0.3) is 0 Å². The standard InChI is InChI=1S/C6H16Si.CHCl3/c1-4-7(5-2)6-3;2-1(3)4/h7H,4-6H2,1-3H3;1H. The average molecular weight is 236 g/mol. The Morgan fingerprint density at radius 3 is 1.09 bits per heavy atom. The molecule has 0 aromatic heterocycles. The summed E-state index contributed by atoms with van der Waals surface area (Å²) >= 11 is 14.4. The molecule has 0 saturated carbocycles. The maximum Gasteiger partial charge on any atom is 0.180 e. The zero-order chi connectivity index (χ0) is 9.28. The minimum absolute atomic E-state index is 0.171. The summed E-state index contributed by atoms with van der Waals surface area (Å²) in [6.07, 6.45) is 0. The molecule has 0 heterocycles. The first kappa shape index (κ1) is 14.6. The van der Waals surface area contributed by atoms with Gasteiger partial charge in [-0.3, -0.25) is 0 Å². The second-order valence-corrected chi connectivity index (χ2v) is 8.50. The molecular formula is C7H17Cl3Si. The summed E-state index contributed by atoms with van der Waals surface area (Å²) in [5.41, 5.74) is 0. The number of hydrogen-bond acceptors (Lipinski definition) is 0. The summed E-state index contributed by atoms with van der Waals surface area (Å²) < 4.78 is -0.750. The Bertz CT molecular complexity index is 56.4. The van der Waals surface area contributed by atoms with Crippen LogP contribution in [0.1, 0.15) is 20.8 Å². The molecule has 0 aliphatic rings. The van der Waals surface area contributed by atoms with Crippen LogP contribution in [0.2, 0.25) is 18.1 Å². The topological polar surface area (TPSA) is 0 Å². The van der Waals surface area contributed by atoms with Gasteiger partial charge in [0.15, 0.2) is 4.30 Å². The molecule has 0 aliphatic heterocycles. The summed E-state index contributed by atoms with van der Waals surface area (Å²) in [6, 6.07) is 4.48. The third-order valence-corrected chi connectivity index (χ3v) is 5.20. The summed E-state index contributed by atoms with van der Waals surface area (Å²) in [5.74, 6) is 0. The number of rotatable bonds is 3. The van der Waals surface area contributed by atoms with Crippen molar-refractivity contribution in [1.29, 1.82) is 0 Å². The van der Waals surface area contributed by atoms with Crippen molar-refractivity contribution in [3.05, 3.63) is 0 Å². The van der Waals surface area contributed by atoms with E-state index in [1.807, 2.05) is 0 Å². The van der Waals surface area contributed by atoms with Crippen molar-refractivity contribution in [1.82, 2.24) is 0 Å². The first-order valence-corrected chi connectivity index (χ1v) is 7.76. The third-order valence-electron chi connectivity index (χ3n) is 1.73. The van der Waals surface area contributed by atoms with Crippen molar-refractivity contribution < 1.29 is 0 Å². The zero-order valence-electron chi connectivity index (χ0n) is 7.41. The molecule has 0 aliphatic carbocycles. The van der Waals surface area contributed by atoms with E-state index >= 15 is 0 Å². The number of hydrogen-bond donors (Lipinski definition) is 0. The van der Waals surface area contributed by atoms with Gasteiger partial charge in [0.05, 0.1) is 0 Å². The van der Waals surface area contributed by atoms with Gasteiger partial charge in [0, 0.05) is 8.80 Å². The van der Waals surface area contributed by atoms with Crippen LogP contribution in [0.15, 0.2) is 0 Å². The molecule has 0 aromatic carbocycles. The molecule has 0 aromatic rings. The van der Waals surface area contributed by atoms with Gasteiger partial charge in [0.1, 0.15) is 0 Å². The molecule has 0 spiro atoms. The van der Waals surface area contributed by atoms with E-state index in [0.29, 0.717) is 0 Å². The Labute approximate surface area is 86.8 Å². The molecule has 0 saturated heterocycles. The van der Waals surface area contributed by atoms with Gasteiger partial charge < -0.3 is 0 Å². The molecule has 4 heteroatoms. The van der Waals surface area contributed by atoms with E-state index in [4.69, 9.17) is 34.8 Å². The van der Waals surface area contributed by atoms with Gasteiger partial charge in [-0.05, 0) is 0 Å². The predicted octanol–water partition coefficient (Wildman–Crippen LogP) is 4.26. The van der Waals surface area contributed by atoms with Crippen LogP contribution in [-0.4, -0.2) is 13.1 Å². The summed E-state index contributed by atoms with van der Waals surface area (Å²) in [5, 5.41) is 0. The molecule has 0 rings (SSSR count). The second kappa shape index (κ2) is 11.1. The van der Waals surface area contributed by atoms with E-state index in [-0.39, 0.29) is 8.80 Å². The van der Waals surface area contributed by atoms with E-state index in [2.05, 4.69) is 20.8 Å². The van der Waals surface area contributed by atoms with Gasteiger partial charge in [-0.15, -0.1) is 0 Å². The Morgan fingerprint density at radius 1 is 0.909 bits per heavy atom. The second-order valence-electron chi connectivity index (χ2n) is 2.34. The van der Waals surface area contributed by atoms with Gasteiger partial charge in [-0.2, -0.15) is 0 Å². The molecule has 0 nitrogen and oxygen atoms in total. The van der Waals surface area contributed by atoms with E-state index in [9.17, 15) is 0 Å². The highest BCUT2D eigenvalue weighted by Gasteiger charge is 1.98. The van der Waals surface area contributed by atoms with E-state index in [1.54, 1.807) is 0 Å². The molecule has 0 amide bonds. The van der Waals surface area contributed by atoms with Crippen molar-refractivity contribution in [3.8, 4) is 0 Å². The number of halogens is 3. The first-order chi connectivity index (χ1) is 5.08. The molecule has 0 atom stereocenters. The van der Waals surface area contributed by atoms with Crippen LogP contribution in [0.4, 0.5) is 0 Å². The smallest absolute Gasteiger partial charge is 0.0874 e. The summed E-state index contributed by atoms with van der Waals surface area (Å²) in [7, 11) is -0.171. The van der Waals surface area contributed by atoms with Gasteiger partial charge >= 0.3 is 0 Å². The van der Waals surface area contributed by atoms with E-state index in [0.717, 1.165) is 0 Å². The molecular weight excluding hydrogens is 219 g/mol. The zero-order valence-corrected chi connectivity index (χ0v) is 10.8. The Morgan fingerprint density at radius 2 is 1.09 bits per heavy atom. The van der Waals surface area contributed by atoms with E-state index in [1.165, 1.54) is 18.1 Å². The van der Waals surface area contributed by atoms with Crippen LogP contribution < -0.4 is 0 Å². The largest absolute Gasteiger partial charge is 0.180 e. The van der Waals surface area contributed by atoms with Crippen molar-refractivity contribution in [2.45, 2.75) is 43.2 Å². The third kappa shape index (κ3) is 18.2.